The predicted octanol–water partition coefficient (Wildman–Crippen LogP) is 4.37. The molecule has 1 aliphatic rings. The smallest absolute Gasteiger partial charge is 0.143 e. The number of halogens is 1. The van der Waals surface area contributed by atoms with Gasteiger partial charge in [0.2, 0.25) is 0 Å². The van der Waals surface area contributed by atoms with E-state index in [1.165, 1.54) is 6.07 Å². The minimum absolute atomic E-state index is 0.178. The summed E-state index contributed by atoms with van der Waals surface area (Å²) in [6, 6.07) is 12.6. The third-order valence-electron chi connectivity index (χ3n) is 4.74. The van der Waals surface area contributed by atoms with Crippen molar-refractivity contribution < 1.29 is 9.13 Å². The summed E-state index contributed by atoms with van der Waals surface area (Å²) in [6.45, 7) is 5.50. The van der Waals surface area contributed by atoms with Crippen LogP contribution in [0, 0.1) is 5.82 Å². The average molecular weight is 314 g/mol. The summed E-state index contributed by atoms with van der Waals surface area (Å²) in [4.78, 5) is 2.18. The molecule has 0 amide bonds. The quantitative estimate of drug-likeness (QED) is 0.852. The summed E-state index contributed by atoms with van der Waals surface area (Å²) in [5.74, 6) is 0.647. The minimum Gasteiger partial charge on any atom is -0.483 e. The number of benzene rings is 2. The number of nitrogens with two attached hydrogens (primary N) is 1. The number of hydrogen-bond donors (Lipinski definition) is 1. The van der Waals surface area contributed by atoms with Gasteiger partial charge in [-0.25, -0.2) is 4.39 Å². The van der Waals surface area contributed by atoms with Gasteiger partial charge in [0.15, 0.2) is 0 Å². The van der Waals surface area contributed by atoms with Gasteiger partial charge in [-0.05, 0) is 37.1 Å². The Morgan fingerprint density at radius 1 is 1.17 bits per heavy atom. The number of anilines is 2. The molecule has 122 valence electrons. The summed E-state index contributed by atoms with van der Waals surface area (Å²) in [7, 11) is 0. The Labute approximate surface area is 136 Å². The molecule has 0 fully saturated rings. The maximum absolute atomic E-state index is 14.1. The van der Waals surface area contributed by atoms with Crippen LogP contribution in [0.4, 0.5) is 15.8 Å². The van der Waals surface area contributed by atoms with E-state index in [-0.39, 0.29) is 11.4 Å². The largest absolute Gasteiger partial charge is 0.483 e. The van der Waals surface area contributed by atoms with Crippen molar-refractivity contribution in [1.82, 2.24) is 0 Å². The van der Waals surface area contributed by atoms with Gasteiger partial charge in [-0.1, -0.05) is 32.0 Å². The molecule has 0 saturated heterocycles. The van der Waals surface area contributed by atoms with Crippen LogP contribution in [0.2, 0.25) is 0 Å². The van der Waals surface area contributed by atoms with E-state index in [0.717, 1.165) is 30.8 Å². The van der Waals surface area contributed by atoms with Crippen LogP contribution in [0.15, 0.2) is 42.5 Å². The molecule has 2 aromatic rings. The Balaban J connectivity index is 2.00. The van der Waals surface area contributed by atoms with Gasteiger partial charge in [-0.15, -0.1) is 0 Å². The molecular formula is C19H23FN2O. The topological polar surface area (TPSA) is 38.5 Å². The van der Waals surface area contributed by atoms with Gasteiger partial charge in [-0.3, -0.25) is 0 Å². The molecule has 3 nitrogen and oxygen atoms in total. The highest BCUT2D eigenvalue weighted by molar-refractivity contribution is 5.66. The molecule has 0 spiro atoms. The highest BCUT2D eigenvalue weighted by Gasteiger charge is 2.37. The lowest BCUT2D eigenvalue weighted by atomic mass is 9.93. The van der Waals surface area contributed by atoms with E-state index < -0.39 is 0 Å². The third kappa shape index (κ3) is 2.98. The molecule has 0 bridgehead atoms. The lowest BCUT2D eigenvalue weighted by molar-refractivity contribution is 0.0570. The van der Waals surface area contributed by atoms with E-state index in [1.807, 2.05) is 30.3 Å². The van der Waals surface area contributed by atoms with Gasteiger partial charge in [0, 0.05) is 17.8 Å². The fraction of sp³-hybridized carbons (Fsp3) is 0.368. The Kier molecular flexibility index (Phi) is 4.16. The van der Waals surface area contributed by atoms with E-state index in [9.17, 15) is 4.39 Å². The molecule has 2 N–H and O–H groups in total. The summed E-state index contributed by atoms with van der Waals surface area (Å²) in [5, 5.41) is 0. The lowest BCUT2D eigenvalue weighted by Gasteiger charge is -2.44. The second-order valence-corrected chi connectivity index (χ2v) is 6.17. The number of rotatable bonds is 4. The maximum atomic E-state index is 14.1. The summed E-state index contributed by atoms with van der Waals surface area (Å²) < 4.78 is 20.4. The fourth-order valence-electron chi connectivity index (χ4n) is 3.16. The molecule has 0 atom stereocenters. The second kappa shape index (κ2) is 6.11. The van der Waals surface area contributed by atoms with Crippen LogP contribution in [-0.4, -0.2) is 12.1 Å². The van der Waals surface area contributed by atoms with Crippen molar-refractivity contribution >= 4 is 11.4 Å². The van der Waals surface area contributed by atoms with Crippen molar-refractivity contribution in [3.8, 4) is 5.75 Å². The lowest BCUT2D eigenvalue weighted by Crippen LogP contribution is -2.50. The van der Waals surface area contributed by atoms with E-state index in [1.54, 1.807) is 6.07 Å². The molecule has 0 aliphatic carbocycles. The van der Waals surface area contributed by atoms with Crippen LogP contribution in [0.5, 0.6) is 5.75 Å². The molecule has 0 unspecified atom stereocenters. The maximum Gasteiger partial charge on any atom is 0.143 e. The Hall–Kier alpha value is -2.23. The molecular weight excluding hydrogens is 291 g/mol. The monoisotopic (exact) mass is 314 g/mol. The molecule has 3 rings (SSSR count). The standard InChI is InChI=1S/C19H23FN2O/c1-3-19(4-2)13-22(12-14-7-5-6-8-16(14)20)17-11-15(21)9-10-18(17)23-19/h5-11H,3-4,12-13,21H2,1-2H3. The van der Waals surface area contributed by atoms with Crippen LogP contribution in [0.1, 0.15) is 32.3 Å². The molecule has 1 aliphatic heterocycles. The molecule has 4 heteroatoms. The zero-order valence-corrected chi connectivity index (χ0v) is 13.7. The van der Waals surface area contributed by atoms with E-state index >= 15 is 0 Å². The van der Waals surface area contributed by atoms with Crippen molar-refractivity contribution in [2.75, 3.05) is 17.2 Å². The van der Waals surface area contributed by atoms with Crippen LogP contribution in [0.3, 0.4) is 0 Å². The Morgan fingerprint density at radius 3 is 2.61 bits per heavy atom. The third-order valence-corrected chi connectivity index (χ3v) is 4.74. The van der Waals surface area contributed by atoms with Crippen LogP contribution in [0.25, 0.3) is 0 Å². The van der Waals surface area contributed by atoms with E-state index in [4.69, 9.17) is 10.5 Å². The van der Waals surface area contributed by atoms with Crippen molar-refractivity contribution in [3.05, 3.63) is 53.8 Å². The molecule has 0 saturated carbocycles. The Morgan fingerprint density at radius 2 is 1.91 bits per heavy atom. The molecule has 2 aromatic carbocycles. The Bertz CT molecular complexity index is 698. The zero-order chi connectivity index (χ0) is 16.4. The summed E-state index contributed by atoms with van der Waals surface area (Å²) in [5.41, 5.74) is 8.01. The van der Waals surface area contributed by atoms with Gasteiger partial charge < -0.3 is 15.4 Å². The van der Waals surface area contributed by atoms with Crippen molar-refractivity contribution in [3.63, 3.8) is 0 Å². The first-order chi connectivity index (χ1) is 11.1. The molecule has 0 aromatic heterocycles. The predicted molar refractivity (Wildman–Crippen MR) is 92.2 cm³/mol. The molecule has 0 radical (unpaired) electrons. The summed E-state index contributed by atoms with van der Waals surface area (Å²) in [6.07, 6.45) is 1.81. The highest BCUT2D eigenvalue weighted by Crippen LogP contribution is 2.41. The van der Waals surface area contributed by atoms with Gasteiger partial charge >= 0.3 is 0 Å². The van der Waals surface area contributed by atoms with Gasteiger partial charge in [0.25, 0.3) is 0 Å². The van der Waals surface area contributed by atoms with Crippen molar-refractivity contribution in [2.24, 2.45) is 0 Å². The van der Waals surface area contributed by atoms with Crippen LogP contribution >= 0.6 is 0 Å². The number of nitrogen functional groups attached to an aromatic ring is 1. The average Bonchev–Trinajstić information content (AvgIpc) is 2.57. The van der Waals surface area contributed by atoms with Crippen molar-refractivity contribution in [2.45, 2.75) is 38.8 Å². The first kappa shape index (κ1) is 15.7. The van der Waals surface area contributed by atoms with Gasteiger partial charge in [-0.2, -0.15) is 0 Å². The number of hydrogen-bond acceptors (Lipinski definition) is 3. The first-order valence-electron chi connectivity index (χ1n) is 8.14. The second-order valence-electron chi connectivity index (χ2n) is 6.17. The van der Waals surface area contributed by atoms with Crippen molar-refractivity contribution in [1.29, 1.82) is 0 Å². The van der Waals surface area contributed by atoms with E-state index in [2.05, 4.69) is 18.7 Å². The number of fused-ring (bicyclic) bond motifs is 1. The minimum atomic E-state index is -0.242. The van der Waals surface area contributed by atoms with Gasteiger partial charge in [0.05, 0.1) is 12.2 Å². The fourth-order valence-corrected chi connectivity index (χ4v) is 3.16. The molecule has 1 heterocycles. The zero-order valence-electron chi connectivity index (χ0n) is 13.7. The van der Waals surface area contributed by atoms with E-state index in [0.29, 0.717) is 17.8 Å². The number of ether oxygens (including phenoxy) is 1. The normalized spacial score (nSPS) is 15.9. The molecule has 23 heavy (non-hydrogen) atoms. The van der Waals surface area contributed by atoms with Crippen LogP contribution in [-0.2, 0) is 6.54 Å². The highest BCUT2D eigenvalue weighted by atomic mass is 19.1. The SMILES string of the molecule is CCC1(CC)CN(Cc2ccccc2F)c2cc(N)ccc2O1. The number of nitrogens with zero attached hydrogens (tertiary/aromatic N) is 1. The first-order valence-corrected chi connectivity index (χ1v) is 8.14. The van der Waals surface area contributed by atoms with Gasteiger partial charge in [0.1, 0.15) is 17.2 Å². The van der Waals surface area contributed by atoms with Crippen LogP contribution < -0.4 is 15.4 Å². The summed E-state index contributed by atoms with van der Waals surface area (Å²) >= 11 is 0.